The summed E-state index contributed by atoms with van der Waals surface area (Å²) in [5, 5.41) is 16.8. The van der Waals surface area contributed by atoms with Gasteiger partial charge in [-0.15, -0.1) is 0 Å². The standard InChI is InChI=1S/C15H25N3O2/c1-11(2)18-14(8-9-16-18)15(20)17-13-7-5-3-4-6-12(13)10-19/h8-9,11-13,19H,3-7,10H2,1-2H3,(H,17,20). The first-order chi connectivity index (χ1) is 9.63. The van der Waals surface area contributed by atoms with Crippen molar-refractivity contribution in [2.24, 2.45) is 5.92 Å². The molecule has 2 N–H and O–H groups in total. The van der Waals surface area contributed by atoms with Gasteiger partial charge in [-0.1, -0.05) is 19.3 Å². The number of nitrogens with zero attached hydrogens (tertiary/aromatic N) is 2. The highest BCUT2D eigenvalue weighted by molar-refractivity contribution is 5.92. The quantitative estimate of drug-likeness (QED) is 0.830. The highest BCUT2D eigenvalue weighted by Gasteiger charge is 2.26. The third-order valence-corrected chi connectivity index (χ3v) is 4.10. The van der Waals surface area contributed by atoms with E-state index in [-0.39, 0.29) is 30.5 Å². The molecule has 112 valence electrons. The van der Waals surface area contributed by atoms with Crippen molar-refractivity contribution in [3.05, 3.63) is 18.0 Å². The van der Waals surface area contributed by atoms with Crippen LogP contribution in [0.15, 0.2) is 12.3 Å². The fourth-order valence-electron chi connectivity index (χ4n) is 2.94. The Bertz CT molecular complexity index is 442. The molecule has 20 heavy (non-hydrogen) atoms. The van der Waals surface area contributed by atoms with Gasteiger partial charge in [-0.05, 0) is 32.8 Å². The molecule has 1 amide bonds. The van der Waals surface area contributed by atoms with Gasteiger partial charge in [-0.25, -0.2) is 0 Å². The second-order valence-electron chi connectivity index (χ2n) is 5.92. The molecule has 1 saturated carbocycles. The molecule has 5 nitrogen and oxygen atoms in total. The first-order valence-electron chi connectivity index (χ1n) is 7.58. The van der Waals surface area contributed by atoms with Gasteiger partial charge in [0.25, 0.3) is 5.91 Å². The zero-order chi connectivity index (χ0) is 14.5. The lowest BCUT2D eigenvalue weighted by molar-refractivity contribution is 0.0886. The number of carbonyl (C=O) groups excluding carboxylic acids is 1. The molecule has 2 atom stereocenters. The van der Waals surface area contributed by atoms with Gasteiger partial charge in [-0.2, -0.15) is 5.10 Å². The first-order valence-corrected chi connectivity index (χ1v) is 7.58. The molecule has 1 aliphatic rings. The monoisotopic (exact) mass is 279 g/mol. The van der Waals surface area contributed by atoms with Crippen molar-refractivity contribution in [1.29, 1.82) is 0 Å². The van der Waals surface area contributed by atoms with Gasteiger partial charge >= 0.3 is 0 Å². The van der Waals surface area contributed by atoms with Crippen LogP contribution in [-0.4, -0.2) is 33.4 Å². The molecule has 0 aliphatic heterocycles. The topological polar surface area (TPSA) is 67.2 Å². The van der Waals surface area contributed by atoms with Crippen molar-refractivity contribution in [2.45, 2.75) is 58.0 Å². The highest BCUT2D eigenvalue weighted by atomic mass is 16.3. The molecule has 2 unspecified atom stereocenters. The van der Waals surface area contributed by atoms with Crippen LogP contribution in [0.3, 0.4) is 0 Å². The predicted octanol–water partition coefficient (Wildman–Crippen LogP) is 2.14. The molecular weight excluding hydrogens is 254 g/mol. The molecule has 1 aromatic heterocycles. The van der Waals surface area contributed by atoms with Crippen molar-refractivity contribution in [2.75, 3.05) is 6.61 Å². The largest absolute Gasteiger partial charge is 0.396 e. The van der Waals surface area contributed by atoms with Crippen LogP contribution in [0.25, 0.3) is 0 Å². The molecule has 0 spiro atoms. The highest BCUT2D eigenvalue weighted by Crippen LogP contribution is 2.23. The Kier molecular flexibility index (Phi) is 5.17. The van der Waals surface area contributed by atoms with E-state index >= 15 is 0 Å². The molecular formula is C15H25N3O2. The molecule has 0 aromatic carbocycles. The average Bonchev–Trinajstić information content (AvgIpc) is 2.81. The molecule has 1 aliphatic carbocycles. The van der Waals surface area contributed by atoms with E-state index in [4.69, 9.17) is 0 Å². The van der Waals surface area contributed by atoms with Crippen LogP contribution in [0.1, 0.15) is 62.5 Å². The molecule has 1 heterocycles. The number of nitrogens with one attached hydrogen (secondary N) is 1. The van der Waals surface area contributed by atoms with Crippen molar-refractivity contribution in [3.8, 4) is 0 Å². The summed E-state index contributed by atoms with van der Waals surface area (Å²) in [4.78, 5) is 12.4. The Morgan fingerprint density at radius 1 is 1.45 bits per heavy atom. The van der Waals surface area contributed by atoms with E-state index in [1.165, 1.54) is 6.42 Å². The third kappa shape index (κ3) is 3.39. The van der Waals surface area contributed by atoms with Crippen molar-refractivity contribution in [1.82, 2.24) is 15.1 Å². The Morgan fingerprint density at radius 2 is 2.20 bits per heavy atom. The maximum absolute atomic E-state index is 12.4. The van der Waals surface area contributed by atoms with E-state index in [0.717, 1.165) is 25.7 Å². The zero-order valence-corrected chi connectivity index (χ0v) is 12.4. The SMILES string of the molecule is CC(C)n1nccc1C(=O)NC1CCCCCC1CO. The second-order valence-corrected chi connectivity index (χ2v) is 5.92. The van der Waals surface area contributed by atoms with Gasteiger partial charge in [-0.3, -0.25) is 9.48 Å². The Morgan fingerprint density at radius 3 is 2.90 bits per heavy atom. The van der Waals surface area contributed by atoms with Crippen molar-refractivity contribution >= 4 is 5.91 Å². The van der Waals surface area contributed by atoms with Crippen LogP contribution in [0.5, 0.6) is 0 Å². The van der Waals surface area contributed by atoms with Crippen LogP contribution in [0.4, 0.5) is 0 Å². The number of hydrogen-bond donors (Lipinski definition) is 2. The average molecular weight is 279 g/mol. The second kappa shape index (κ2) is 6.88. The lowest BCUT2D eigenvalue weighted by Gasteiger charge is -2.24. The number of hydrogen-bond acceptors (Lipinski definition) is 3. The summed E-state index contributed by atoms with van der Waals surface area (Å²) < 4.78 is 1.74. The van der Waals surface area contributed by atoms with Gasteiger partial charge in [0.1, 0.15) is 5.69 Å². The van der Waals surface area contributed by atoms with E-state index in [1.54, 1.807) is 16.9 Å². The summed E-state index contributed by atoms with van der Waals surface area (Å²) >= 11 is 0. The van der Waals surface area contributed by atoms with Crippen LogP contribution < -0.4 is 5.32 Å². The lowest BCUT2D eigenvalue weighted by Crippen LogP contribution is -2.42. The number of amides is 1. The Labute approximate surface area is 120 Å². The summed E-state index contributed by atoms with van der Waals surface area (Å²) in [5.41, 5.74) is 0.598. The van der Waals surface area contributed by atoms with Gasteiger partial charge in [0.15, 0.2) is 0 Å². The number of aromatic nitrogens is 2. The summed E-state index contributed by atoms with van der Waals surface area (Å²) in [6, 6.07) is 1.99. The van der Waals surface area contributed by atoms with E-state index in [1.807, 2.05) is 13.8 Å². The molecule has 0 radical (unpaired) electrons. The summed E-state index contributed by atoms with van der Waals surface area (Å²) in [5.74, 6) is 0.0958. The molecule has 1 fully saturated rings. The van der Waals surface area contributed by atoms with E-state index in [2.05, 4.69) is 10.4 Å². The molecule has 1 aromatic rings. The number of aliphatic hydroxyl groups is 1. The van der Waals surface area contributed by atoms with E-state index in [9.17, 15) is 9.90 Å². The maximum atomic E-state index is 12.4. The molecule has 5 heteroatoms. The van der Waals surface area contributed by atoms with Gasteiger partial charge in [0.2, 0.25) is 0 Å². The molecule has 0 bridgehead atoms. The van der Waals surface area contributed by atoms with Gasteiger partial charge in [0.05, 0.1) is 0 Å². The van der Waals surface area contributed by atoms with Crippen LogP contribution in [0.2, 0.25) is 0 Å². The van der Waals surface area contributed by atoms with Crippen molar-refractivity contribution in [3.63, 3.8) is 0 Å². The smallest absolute Gasteiger partial charge is 0.269 e. The lowest BCUT2D eigenvalue weighted by atomic mass is 9.95. The normalized spacial score (nSPS) is 23.6. The van der Waals surface area contributed by atoms with Gasteiger partial charge in [0, 0.05) is 30.8 Å². The van der Waals surface area contributed by atoms with Crippen molar-refractivity contribution < 1.29 is 9.90 Å². The van der Waals surface area contributed by atoms with E-state index < -0.39 is 0 Å². The van der Waals surface area contributed by atoms with E-state index in [0.29, 0.717) is 5.69 Å². The Balaban J connectivity index is 2.07. The summed E-state index contributed by atoms with van der Waals surface area (Å²) in [6.07, 6.45) is 7.04. The predicted molar refractivity (Wildman–Crippen MR) is 77.5 cm³/mol. The number of carbonyl (C=O) groups is 1. The minimum atomic E-state index is -0.0819. The number of aliphatic hydroxyl groups excluding tert-OH is 1. The zero-order valence-electron chi connectivity index (χ0n) is 12.4. The number of rotatable bonds is 4. The molecule has 2 rings (SSSR count). The third-order valence-electron chi connectivity index (χ3n) is 4.10. The summed E-state index contributed by atoms with van der Waals surface area (Å²) in [7, 11) is 0. The van der Waals surface area contributed by atoms with Crippen LogP contribution in [0, 0.1) is 5.92 Å². The molecule has 0 saturated heterocycles. The van der Waals surface area contributed by atoms with Crippen LogP contribution >= 0.6 is 0 Å². The fourth-order valence-corrected chi connectivity index (χ4v) is 2.94. The fraction of sp³-hybridized carbons (Fsp3) is 0.733. The van der Waals surface area contributed by atoms with Gasteiger partial charge < -0.3 is 10.4 Å². The minimum absolute atomic E-state index is 0.0745. The summed E-state index contributed by atoms with van der Waals surface area (Å²) in [6.45, 7) is 4.16. The van der Waals surface area contributed by atoms with Crippen LogP contribution in [-0.2, 0) is 0 Å². The maximum Gasteiger partial charge on any atom is 0.269 e. The first kappa shape index (κ1) is 15.0. The minimum Gasteiger partial charge on any atom is -0.396 e. The Hall–Kier alpha value is -1.36.